The Morgan fingerprint density at radius 2 is 2.23 bits per heavy atom. The average Bonchev–Trinajstić information content (AvgIpc) is 2.85. The Labute approximate surface area is 127 Å². The van der Waals surface area contributed by atoms with Crippen molar-refractivity contribution in [2.45, 2.75) is 6.54 Å². The number of hydrogen-bond acceptors (Lipinski definition) is 5. The second-order valence-electron chi connectivity index (χ2n) is 4.56. The largest absolute Gasteiger partial charge is 0.491 e. The number of amides is 1. The first-order valence-electron chi connectivity index (χ1n) is 6.72. The Morgan fingerprint density at radius 3 is 2.91 bits per heavy atom. The standard InChI is InChI=1S/C14H18N4O4/c1-18-12(16-17-14(18)20)9-15-13(19)10-4-3-5-11(8-10)22-7-6-21-2/h3-5,8H,6-7,9H2,1-2H3,(H,15,19)(H,17,20). The Kier molecular flexibility index (Phi) is 5.31. The molecule has 0 aliphatic heterocycles. The minimum Gasteiger partial charge on any atom is -0.491 e. The van der Waals surface area contributed by atoms with Crippen molar-refractivity contribution in [2.24, 2.45) is 7.05 Å². The first-order valence-corrected chi connectivity index (χ1v) is 6.72. The van der Waals surface area contributed by atoms with Gasteiger partial charge in [0.25, 0.3) is 5.91 Å². The van der Waals surface area contributed by atoms with E-state index in [0.717, 1.165) is 0 Å². The van der Waals surface area contributed by atoms with E-state index in [9.17, 15) is 9.59 Å². The van der Waals surface area contributed by atoms with Crippen LogP contribution in [0, 0.1) is 0 Å². The molecular weight excluding hydrogens is 288 g/mol. The Hall–Kier alpha value is -2.61. The number of aromatic nitrogens is 3. The van der Waals surface area contributed by atoms with Crippen LogP contribution in [-0.2, 0) is 18.3 Å². The molecular formula is C14H18N4O4. The summed E-state index contributed by atoms with van der Waals surface area (Å²) in [4.78, 5) is 23.3. The van der Waals surface area contributed by atoms with Crippen LogP contribution in [0.25, 0.3) is 0 Å². The lowest BCUT2D eigenvalue weighted by molar-refractivity contribution is 0.0949. The van der Waals surface area contributed by atoms with Crippen LogP contribution >= 0.6 is 0 Å². The third-order valence-corrected chi connectivity index (χ3v) is 3.03. The highest BCUT2D eigenvalue weighted by Crippen LogP contribution is 2.13. The molecule has 0 aliphatic carbocycles. The summed E-state index contributed by atoms with van der Waals surface area (Å²) >= 11 is 0. The SMILES string of the molecule is COCCOc1cccc(C(=O)NCc2n[nH]c(=O)n2C)c1. The molecule has 0 atom stereocenters. The molecule has 8 heteroatoms. The minimum atomic E-state index is -0.321. The number of benzene rings is 1. The van der Waals surface area contributed by atoms with Crippen LogP contribution < -0.4 is 15.7 Å². The molecule has 0 spiro atoms. The lowest BCUT2D eigenvalue weighted by atomic mass is 10.2. The molecule has 1 heterocycles. The summed E-state index contributed by atoms with van der Waals surface area (Å²) in [6.45, 7) is 1.05. The lowest BCUT2D eigenvalue weighted by Crippen LogP contribution is -2.25. The van der Waals surface area contributed by atoms with E-state index >= 15 is 0 Å². The first-order chi connectivity index (χ1) is 10.6. The van der Waals surface area contributed by atoms with Gasteiger partial charge in [-0.05, 0) is 18.2 Å². The van der Waals surface area contributed by atoms with Gasteiger partial charge in [-0.2, -0.15) is 5.10 Å². The monoisotopic (exact) mass is 306 g/mol. The van der Waals surface area contributed by atoms with Crippen molar-refractivity contribution in [2.75, 3.05) is 20.3 Å². The van der Waals surface area contributed by atoms with Crippen molar-refractivity contribution in [3.05, 3.63) is 46.1 Å². The van der Waals surface area contributed by atoms with Crippen molar-refractivity contribution in [3.8, 4) is 5.75 Å². The molecule has 2 aromatic rings. The number of rotatable bonds is 7. The van der Waals surface area contributed by atoms with Crippen molar-refractivity contribution in [3.63, 3.8) is 0 Å². The van der Waals surface area contributed by atoms with Crippen LogP contribution in [0.1, 0.15) is 16.2 Å². The van der Waals surface area contributed by atoms with Crippen molar-refractivity contribution >= 4 is 5.91 Å². The summed E-state index contributed by atoms with van der Waals surface area (Å²) in [5.74, 6) is 0.773. The molecule has 0 aliphatic rings. The molecule has 0 bridgehead atoms. The maximum Gasteiger partial charge on any atom is 0.343 e. The van der Waals surface area contributed by atoms with Gasteiger partial charge in [-0.3, -0.25) is 9.36 Å². The number of carbonyl (C=O) groups is 1. The second kappa shape index (κ2) is 7.41. The van der Waals surface area contributed by atoms with Gasteiger partial charge in [0, 0.05) is 19.7 Å². The summed E-state index contributed by atoms with van der Waals surface area (Å²) in [5, 5.41) is 8.84. The van der Waals surface area contributed by atoms with Gasteiger partial charge in [-0.15, -0.1) is 0 Å². The molecule has 22 heavy (non-hydrogen) atoms. The Bertz CT molecular complexity index is 692. The van der Waals surface area contributed by atoms with Crippen LogP contribution in [0.3, 0.4) is 0 Å². The zero-order valence-electron chi connectivity index (χ0n) is 12.5. The minimum absolute atomic E-state index is 0.156. The van der Waals surface area contributed by atoms with Crippen LogP contribution in [0.5, 0.6) is 5.75 Å². The number of nitrogens with one attached hydrogen (secondary N) is 2. The van der Waals surface area contributed by atoms with Gasteiger partial charge in [0.05, 0.1) is 13.2 Å². The average molecular weight is 306 g/mol. The van der Waals surface area contributed by atoms with Gasteiger partial charge in [-0.25, -0.2) is 9.89 Å². The number of methoxy groups -OCH3 is 1. The first kappa shape index (κ1) is 15.8. The smallest absolute Gasteiger partial charge is 0.343 e. The fraction of sp³-hybridized carbons (Fsp3) is 0.357. The molecule has 2 rings (SSSR count). The van der Waals surface area contributed by atoms with Crippen molar-refractivity contribution in [1.29, 1.82) is 0 Å². The van der Waals surface area contributed by atoms with Crippen LogP contribution in [0.2, 0.25) is 0 Å². The van der Waals surface area contributed by atoms with E-state index in [1.165, 1.54) is 4.57 Å². The zero-order chi connectivity index (χ0) is 15.9. The van der Waals surface area contributed by atoms with E-state index in [4.69, 9.17) is 9.47 Å². The van der Waals surface area contributed by atoms with E-state index in [1.807, 2.05) is 0 Å². The lowest BCUT2D eigenvalue weighted by Gasteiger charge is -2.08. The van der Waals surface area contributed by atoms with E-state index in [0.29, 0.717) is 30.4 Å². The van der Waals surface area contributed by atoms with Crippen molar-refractivity contribution in [1.82, 2.24) is 20.1 Å². The maximum absolute atomic E-state index is 12.1. The molecule has 8 nitrogen and oxygen atoms in total. The maximum atomic E-state index is 12.1. The summed E-state index contributed by atoms with van der Waals surface area (Å²) in [7, 11) is 3.17. The summed E-state index contributed by atoms with van der Waals surface area (Å²) < 4.78 is 11.7. The van der Waals surface area contributed by atoms with E-state index in [-0.39, 0.29) is 18.1 Å². The molecule has 2 N–H and O–H groups in total. The van der Waals surface area contributed by atoms with E-state index in [2.05, 4.69) is 15.5 Å². The second-order valence-corrected chi connectivity index (χ2v) is 4.56. The molecule has 118 valence electrons. The summed E-state index contributed by atoms with van der Waals surface area (Å²) in [6.07, 6.45) is 0. The number of carbonyl (C=O) groups excluding carboxylic acids is 1. The summed E-state index contributed by atoms with van der Waals surface area (Å²) in [6, 6.07) is 6.84. The number of hydrogen-bond donors (Lipinski definition) is 2. The molecule has 0 unspecified atom stereocenters. The number of nitrogens with zero attached hydrogens (tertiary/aromatic N) is 2. The fourth-order valence-electron chi connectivity index (χ4n) is 1.77. The predicted molar refractivity (Wildman–Crippen MR) is 78.8 cm³/mol. The molecule has 0 radical (unpaired) electrons. The highest BCUT2D eigenvalue weighted by Gasteiger charge is 2.09. The van der Waals surface area contributed by atoms with Gasteiger partial charge < -0.3 is 14.8 Å². The third-order valence-electron chi connectivity index (χ3n) is 3.03. The van der Waals surface area contributed by atoms with Gasteiger partial charge in [0.1, 0.15) is 12.4 Å². The van der Waals surface area contributed by atoms with Gasteiger partial charge in [0.15, 0.2) is 5.82 Å². The Balaban J connectivity index is 1.96. The van der Waals surface area contributed by atoms with Gasteiger partial charge in [-0.1, -0.05) is 6.07 Å². The number of H-pyrrole nitrogens is 1. The van der Waals surface area contributed by atoms with Crippen LogP contribution in [0.15, 0.2) is 29.1 Å². The number of aromatic amines is 1. The fourth-order valence-corrected chi connectivity index (χ4v) is 1.77. The number of ether oxygens (including phenoxy) is 2. The predicted octanol–water partition coefficient (Wildman–Crippen LogP) is 0.0636. The normalized spacial score (nSPS) is 10.5. The molecule has 1 amide bonds. The zero-order valence-corrected chi connectivity index (χ0v) is 12.5. The van der Waals surface area contributed by atoms with E-state index in [1.54, 1.807) is 38.4 Å². The molecule has 0 fully saturated rings. The molecule has 0 saturated carbocycles. The molecule has 1 aromatic heterocycles. The van der Waals surface area contributed by atoms with Gasteiger partial charge in [0.2, 0.25) is 0 Å². The van der Waals surface area contributed by atoms with E-state index < -0.39 is 0 Å². The van der Waals surface area contributed by atoms with Crippen LogP contribution in [-0.4, -0.2) is 41.0 Å². The van der Waals surface area contributed by atoms with Crippen molar-refractivity contribution < 1.29 is 14.3 Å². The topological polar surface area (TPSA) is 98.2 Å². The Morgan fingerprint density at radius 1 is 1.41 bits per heavy atom. The highest BCUT2D eigenvalue weighted by atomic mass is 16.5. The van der Waals surface area contributed by atoms with Gasteiger partial charge >= 0.3 is 5.69 Å². The van der Waals surface area contributed by atoms with Crippen LogP contribution in [0.4, 0.5) is 0 Å². The highest BCUT2D eigenvalue weighted by molar-refractivity contribution is 5.94. The molecule has 1 aromatic carbocycles. The summed E-state index contributed by atoms with van der Waals surface area (Å²) in [5.41, 5.74) is 0.147. The third kappa shape index (κ3) is 3.95. The quantitative estimate of drug-likeness (QED) is 0.705. The molecule has 0 saturated heterocycles.